The number of hydrogen-bond donors (Lipinski definition) is 1. The van der Waals surface area contributed by atoms with E-state index in [9.17, 15) is 14.9 Å². The fraction of sp³-hybridized carbons (Fsp3) is 0.462. The Morgan fingerprint density at radius 1 is 1.45 bits per heavy atom. The molecule has 0 saturated carbocycles. The van der Waals surface area contributed by atoms with Crippen molar-refractivity contribution < 1.29 is 24.3 Å². The largest absolute Gasteiger partial charge is 0.492 e. The molecule has 0 radical (unpaired) electrons. The van der Waals surface area contributed by atoms with Crippen LogP contribution < -0.4 is 4.74 Å². The maximum absolute atomic E-state index is 11.1. The van der Waals surface area contributed by atoms with Crippen LogP contribution >= 0.6 is 0 Å². The monoisotopic (exact) mass is 281 g/mol. The predicted octanol–water partition coefficient (Wildman–Crippen LogP) is 2.10. The molecule has 1 aromatic carbocycles. The summed E-state index contributed by atoms with van der Waals surface area (Å²) in [5.41, 5.74) is -0.452. The highest BCUT2D eigenvalue weighted by Gasteiger charge is 2.19. The molecule has 0 amide bonds. The Morgan fingerprint density at radius 3 is 2.75 bits per heavy atom. The Labute approximate surface area is 115 Å². The molecule has 1 heterocycles. The summed E-state index contributed by atoms with van der Waals surface area (Å²) in [6.07, 6.45) is 1.74. The molecule has 7 heteroatoms. The first-order chi connectivity index (χ1) is 9.58. The number of carbonyl (C=O) groups is 1. The molecule has 108 valence electrons. The quantitative estimate of drug-likeness (QED) is 0.655. The van der Waals surface area contributed by atoms with Crippen molar-refractivity contribution in [3.05, 3.63) is 33.9 Å². The van der Waals surface area contributed by atoms with Crippen LogP contribution in [0.3, 0.4) is 0 Å². The van der Waals surface area contributed by atoms with Gasteiger partial charge in [0, 0.05) is 25.3 Å². The van der Waals surface area contributed by atoms with Gasteiger partial charge in [-0.2, -0.15) is 0 Å². The molecular formula is C13H15NO6. The van der Waals surface area contributed by atoms with E-state index in [2.05, 4.69) is 0 Å². The summed E-state index contributed by atoms with van der Waals surface area (Å²) >= 11 is 0. The molecule has 1 aliphatic rings. The third kappa shape index (κ3) is 3.45. The van der Waals surface area contributed by atoms with E-state index in [1.807, 2.05) is 0 Å². The van der Waals surface area contributed by atoms with Crippen molar-refractivity contribution in [2.75, 3.05) is 19.8 Å². The van der Waals surface area contributed by atoms with Gasteiger partial charge in [0.2, 0.25) is 0 Å². The molecule has 1 fully saturated rings. The van der Waals surface area contributed by atoms with Gasteiger partial charge in [-0.25, -0.2) is 4.79 Å². The lowest BCUT2D eigenvalue weighted by molar-refractivity contribution is -0.384. The molecule has 0 atom stereocenters. The molecule has 0 bridgehead atoms. The number of carboxylic acid groups (broad SMARTS) is 1. The predicted molar refractivity (Wildman–Crippen MR) is 69.1 cm³/mol. The van der Waals surface area contributed by atoms with Gasteiger partial charge in [-0.3, -0.25) is 10.1 Å². The topological polar surface area (TPSA) is 98.9 Å². The van der Waals surface area contributed by atoms with Crippen LogP contribution in [0.2, 0.25) is 0 Å². The average Bonchev–Trinajstić information content (AvgIpc) is 2.45. The third-order valence-corrected chi connectivity index (χ3v) is 3.22. The van der Waals surface area contributed by atoms with E-state index in [-0.39, 0.29) is 17.0 Å². The highest BCUT2D eigenvalue weighted by Crippen LogP contribution is 2.25. The lowest BCUT2D eigenvalue weighted by Gasteiger charge is -2.22. The van der Waals surface area contributed by atoms with Crippen molar-refractivity contribution in [3.8, 4) is 5.75 Å². The summed E-state index contributed by atoms with van der Waals surface area (Å²) < 4.78 is 10.7. The van der Waals surface area contributed by atoms with Crippen molar-refractivity contribution in [3.63, 3.8) is 0 Å². The molecule has 1 N–H and O–H groups in total. The fourth-order valence-electron chi connectivity index (χ4n) is 2.05. The van der Waals surface area contributed by atoms with E-state index in [0.29, 0.717) is 25.7 Å². The van der Waals surface area contributed by atoms with E-state index in [0.717, 1.165) is 18.9 Å². The van der Waals surface area contributed by atoms with Gasteiger partial charge in [0.05, 0.1) is 11.5 Å². The Balaban J connectivity index is 2.09. The molecule has 7 nitrogen and oxygen atoms in total. The second kappa shape index (κ2) is 6.33. The number of ether oxygens (including phenoxy) is 2. The third-order valence-electron chi connectivity index (χ3n) is 3.22. The molecule has 1 aromatic rings. The number of rotatable bonds is 5. The minimum Gasteiger partial charge on any atom is -0.492 e. The Bertz CT molecular complexity index is 510. The second-order valence-electron chi connectivity index (χ2n) is 4.61. The van der Waals surface area contributed by atoms with Gasteiger partial charge < -0.3 is 14.6 Å². The molecule has 0 aromatic heterocycles. The van der Waals surface area contributed by atoms with Crippen molar-refractivity contribution >= 4 is 11.7 Å². The summed E-state index contributed by atoms with van der Waals surface area (Å²) in [6, 6.07) is 3.59. The van der Waals surface area contributed by atoms with Gasteiger partial charge in [-0.15, -0.1) is 0 Å². The highest BCUT2D eigenvalue weighted by molar-refractivity contribution is 5.91. The Morgan fingerprint density at radius 2 is 2.15 bits per heavy atom. The molecule has 0 spiro atoms. The summed E-state index contributed by atoms with van der Waals surface area (Å²) in [6.45, 7) is 1.75. The minimum absolute atomic E-state index is 0.162. The highest BCUT2D eigenvalue weighted by atomic mass is 16.6. The van der Waals surface area contributed by atoms with Gasteiger partial charge in [0.15, 0.2) is 0 Å². The zero-order valence-corrected chi connectivity index (χ0v) is 10.8. The van der Waals surface area contributed by atoms with E-state index >= 15 is 0 Å². The first-order valence-corrected chi connectivity index (χ1v) is 6.30. The molecule has 1 aliphatic heterocycles. The van der Waals surface area contributed by atoms with Crippen LogP contribution in [0.4, 0.5) is 5.69 Å². The van der Waals surface area contributed by atoms with E-state index < -0.39 is 10.9 Å². The number of hydrogen-bond acceptors (Lipinski definition) is 5. The first kappa shape index (κ1) is 14.3. The van der Waals surface area contributed by atoms with Gasteiger partial charge >= 0.3 is 5.97 Å². The number of nitro groups is 1. The van der Waals surface area contributed by atoms with E-state index in [1.54, 1.807) is 0 Å². The SMILES string of the molecule is O=C(O)c1cc([N+](=O)[O-])ccc1OCC1CCOCC1. The smallest absolute Gasteiger partial charge is 0.339 e. The van der Waals surface area contributed by atoms with Crippen LogP contribution in [-0.4, -0.2) is 35.8 Å². The Hall–Kier alpha value is -2.15. The number of aromatic carboxylic acids is 1. The minimum atomic E-state index is -1.24. The van der Waals surface area contributed by atoms with Crippen molar-refractivity contribution in [1.82, 2.24) is 0 Å². The standard InChI is InChI=1S/C13H15NO6/c15-13(16)11-7-10(14(17)18)1-2-12(11)20-8-9-3-5-19-6-4-9/h1-2,7,9H,3-6,8H2,(H,15,16). The van der Waals surface area contributed by atoms with Crippen LogP contribution in [0.1, 0.15) is 23.2 Å². The number of nitrogens with zero attached hydrogens (tertiary/aromatic N) is 1. The number of nitro benzene ring substituents is 1. The molecule has 1 saturated heterocycles. The van der Waals surface area contributed by atoms with Crippen molar-refractivity contribution in [1.29, 1.82) is 0 Å². The van der Waals surface area contributed by atoms with Gasteiger partial charge in [0.25, 0.3) is 5.69 Å². The number of benzene rings is 1. The molecule has 2 rings (SSSR count). The lowest BCUT2D eigenvalue weighted by Crippen LogP contribution is -2.22. The fourth-order valence-corrected chi connectivity index (χ4v) is 2.05. The van der Waals surface area contributed by atoms with Crippen LogP contribution in [0, 0.1) is 16.0 Å². The summed E-state index contributed by atoms with van der Waals surface area (Å²) in [5.74, 6) is -0.758. The maximum Gasteiger partial charge on any atom is 0.339 e. The molecule has 20 heavy (non-hydrogen) atoms. The summed E-state index contributed by atoms with van der Waals surface area (Å²) in [5, 5.41) is 19.7. The van der Waals surface area contributed by atoms with Gasteiger partial charge in [-0.05, 0) is 24.8 Å². The zero-order valence-electron chi connectivity index (χ0n) is 10.8. The van der Waals surface area contributed by atoms with Crippen LogP contribution in [0.25, 0.3) is 0 Å². The van der Waals surface area contributed by atoms with Crippen LogP contribution in [-0.2, 0) is 4.74 Å². The zero-order chi connectivity index (χ0) is 14.5. The Kier molecular flexibility index (Phi) is 4.52. The molecule has 0 unspecified atom stereocenters. The normalized spacial score (nSPS) is 15.8. The van der Waals surface area contributed by atoms with Gasteiger partial charge in [-0.1, -0.05) is 0 Å². The number of carboxylic acids is 1. The second-order valence-corrected chi connectivity index (χ2v) is 4.61. The van der Waals surface area contributed by atoms with Gasteiger partial charge in [0.1, 0.15) is 11.3 Å². The first-order valence-electron chi connectivity index (χ1n) is 6.30. The average molecular weight is 281 g/mol. The lowest BCUT2D eigenvalue weighted by atomic mass is 10.0. The number of non-ortho nitro benzene ring substituents is 1. The summed E-state index contributed by atoms with van der Waals surface area (Å²) in [7, 11) is 0. The van der Waals surface area contributed by atoms with E-state index in [4.69, 9.17) is 14.6 Å². The molecular weight excluding hydrogens is 266 g/mol. The summed E-state index contributed by atoms with van der Waals surface area (Å²) in [4.78, 5) is 21.1. The van der Waals surface area contributed by atoms with Crippen LogP contribution in [0.5, 0.6) is 5.75 Å². The maximum atomic E-state index is 11.1. The van der Waals surface area contributed by atoms with Crippen molar-refractivity contribution in [2.45, 2.75) is 12.8 Å². The van der Waals surface area contributed by atoms with Crippen LogP contribution in [0.15, 0.2) is 18.2 Å². The molecule has 0 aliphatic carbocycles. The van der Waals surface area contributed by atoms with Crippen molar-refractivity contribution in [2.24, 2.45) is 5.92 Å². The van der Waals surface area contributed by atoms with E-state index in [1.165, 1.54) is 12.1 Å².